The van der Waals surface area contributed by atoms with Crippen molar-refractivity contribution in [2.45, 2.75) is 6.61 Å². The molecule has 1 amide bonds. The van der Waals surface area contributed by atoms with E-state index in [1.807, 2.05) is 0 Å². The molecule has 1 aromatic carbocycles. The largest absolute Gasteiger partial charge is 0.444 e. The van der Waals surface area contributed by atoms with Crippen molar-refractivity contribution in [3.63, 3.8) is 0 Å². The topological polar surface area (TPSA) is 41.9 Å². The van der Waals surface area contributed by atoms with E-state index in [1.165, 1.54) is 4.90 Å². The summed E-state index contributed by atoms with van der Waals surface area (Å²) in [6.07, 6.45) is 4.65. The molecule has 0 fully saturated rings. The van der Waals surface area contributed by atoms with Crippen molar-refractivity contribution in [2.75, 3.05) is 5.88 Å². The minimum absolute atomic E-state index is 0.0267. The molecule has 0 radical (unpaired) electrons. The van der Waals surface area contributed by atoms with Gasteiger partial charge >= 0.3 is 6.09 Å². The predicted octanol–water partition coefficient (Wildman–Crippen LogP) is 4.45. The lowest BCUT2D eigenvalue weighted by Crippen LogP contribution is -2.24. The summed E-state index contributed by atoms with van der Waals surface area (Å²) >= 11 is 13.7. The van der Waals surface area contributed by atoms with E-state index >= 15 is 0 Å². The van der Waals surface area contributed by atoms with Crippen LogP contribution >= 0.6 is 35.0 Å². The van der Waals surface area contributed by atoms with Crippen molar-refractivity contribution < 1.29 is 9.53 Å². The zero-order valence-electron chi connectivity index (χ0n) is 10.8. The van der Waals surface area contributed by atoms with E-state index in [2.05, 4.69) is 4.99 Å². The van der Waals surface area contributed by atoms with Crippen LogP contribution in [0.4, 0.5) is 4.79 Å². The lowest BCUT2D eigenvalue weighted by Gasteiger charge is -2.18. The number of hydrogen-bond donors (Lipinski definition) is 0. The van der Waals surface area contributed by atoms with Crippen LogP contribution in [0.3, 0.4) is 0 Å². The number of halogens is 2. The number of nitrogens with zero attached hydrogens (tertiary/aromatic N) is 2. The highest BCUT2D eigenvalue weighted by molar-refractivity contribution is 8.04. The summed E-state index contributed by atoms with van der Waals surface area (Å²) in [6.45, 7) is 0.0267. The number of ether oxygens (including phenoxy) is 1. The smallest absolute Gasteiger partial charge is 0.418 e. The summed E-state index contributed by atoms with van der Waals surface area (Å²) in [7, 11) is 0. The van der Waals surface area contributed by atoms with Gasteiger partial charge in [-0.15, -0.1) is 0 Å². The molecular formula is C14H10Cl2N2O2S. The summed E-state index contributed by atoms with van der Waals surface area (Å²) in [5, 5.41) is 0.951. The molecule has 2 aliphatic heterocycles. The Morgan fingerprint density at radius 1 is 1.38 bits per heavy atom. The number of rotatable bonds is 2. The Hall–Kier alpha value is -1.43. The van der Waals surface area contributed by atoms with Crippen LogP contribution in [-0.2, 0) is 11.3 Å². The van der Waals surface area contributed by atoms with E-state index in [9.17, 15) is 4.79 Å². The molecule has 0 saturated carbocycles. The normalized spacial score (nSPS) is 16.4. The van der Waals surface area contributed by atoms with Gasteiger partial charge in [-0.25, -0.2) is 4.79 Å². The van der Waals surface area contributed by atoms with Gasteiger partial charge in [-0.3, -0.25) is 9.89 Å². The van der Waals surface area contributed by atoms with Crippen molar-refractivity contribution in [1.82, 2.24) is 4.90 Å². The first kappa shape index (κ1) is 14.5. The number of benzene rings is 1. The van der Waals surface area contributed by atoms with Crippen molar-refractivity contribution in [1.29, 1.82) is 0 Å². The molecule has 3 rings (SSSR count). The van der Waals surface area contributed by atoms with Gasteiger partial charge in [0.25, 0.3) is 0 Å². The van der Waals surface area contributed by atoms with Gasteiger partial charge in [-0.1, -0.05) is 41.0 Å². The van der Waals surface area contributed by atoms with Crippen LogP contribution in [0.1, 0.15) is 5.56 Å². The lowest BCUT2D eigenvalue weighted by molar-refractivity contribution is 0.121. The molecule has 1 aromatic rings. The molecule has 21 heavy (non-hydrogen) atoms. The zero-order chi connectivity index (χ0) is 14.8. The molecule has 4 nitrogen and oxygen atoms in total. The third kappa shape index (κ3) is 3.10. The molecule has 0 atom stereocenters. The van der Waals surface area contributed by atoms with Gasteiger partial charge in [0.15, 0.2) is 0 Å². The van der Waals surface area contributed by atoms with Gasteiger partial charge in [0.2, 0.25) is 0 Å². The molecule has 0 aliphatic carbocycles. The summed E-state index contributed by atoms with van der Waals surface area (Å²) in [6, 6.07) is 5.15. The van der Waals surface area contributed by atoms with Crippen molar-refractivity contribution in [3.8, 4) is 0 Å². The van der Waals surface area contributed by atoms with Crippen LogP contribution in [0.15, 0.2) is 46.6 Å². The molecule has 2 aliphatic rings. The van der Waals surface area contributed by atoms with Gasteiger partial charge in [-0.05, 0) is 18.2 Å². The molecule has 0 saturated heterocycles. The fourth-order valence-electron chi connectivity index (χ4n) is 1.87. The van der Waals surface area contributed by atoms with E-state index in [0.717, 1.165) is 10.6 Å². The van der Waals surface area contributed by atoms with E-state index in [1.54, 1.807) is 48.4 Å². The highest BCUT2D eigenvalue weighted by Gasteiger charge is 2.21. The number of thioether (sulfide) groups is 1. The average molecular weight is 341 g/mol. The molecule has 0 aromatic heterocycles. The molecule has 7 heteroatoms. The minimum Gasteiger partial charge on any atom is -0.444 e. The summed E-state index contributed by atoms with van der Waals surface area (Å²) in [5.41, 5.74) is 1.50. The van der Waals surface area contributed by atoms with Gasteiger partial charge in [0.05, 0.1) is 16.5 Å². The van der Waals surface area contributed by atoms with Crippen molar-refractivity contribution in [3.05, 3.63) is 57.2 Å². The average Bonchev–Trinajstić information content (AvgIpc) is 2.93. The van der Waals surface area contributed by atoms with Gasteiger partial charge in [0, 0.05) is 28.0 Å². The Morgan fingerprint density at radius 3 is 2.90 bits per heavy atom. The van der Waals surface area contributed by atoms with E-state index in [0.29, 0.717) is 21.5 Å². The Balaban J connectivity index is 1.67. The lowest BCUT2D eigenvalue weighted by atomic mass is 10.2. The standard InChI is InChI=1S/C14H10Cl2N2O2S/c15-10-2-1-3-11(16)9(10)7-20-14(19)18-5-4-12-13(6-18)21-8-17-12/h1-6H,7-8H2. The number of carbonyl (C=O) groups excluding carboxylic acids is 1. The van der Waals surface area contributed by atoms with Gasteiger partial charge in [0.1, 0.15) is 6.61 Å². The first-order valence-corrected chi connectivity index (χ1v) is 7.85. The Bertz CT molecular complexity index is 665. The van der Waals surface area contributed by atoms with Crippen LogP contribution in [0.5, 0.6) is 0 Å². The molecule has 0 N–H and O–H groups in total. The quantitative estimate of drug-likeness (QED) is 0.798. The molecule has 108 valence electrons. The second kappa shape index (κ2) is 6.13. The fraction of sp³-hybridized carbons (Fsp3) is 0.143. The van der Waals surface area contributed by atoms with Gasteiger partial charge in [-0.2, -0.15) is 0 Å². The van der Waals surface area contributed by atoms with Gasteiger partial charge < -0.3 is 4.74 Å². The van der Waals surface area contributed by atoms with E-state index in [-0.39, 0.29) is 6.61 Å². The van der Waals surface area contributed by atoms with Crippen LogP contribution in [0, 0.1) is 0 Å². The molecular weight excluding hydrogens is 331 g/mol. The fourth-order valence-corrected chi connectivity index (χ4v) is 3.19. The Morgan fingerprint density at radius 2 is 2.14 bits per heavy atom. The summed E-state index contributed by atoms with van der Waals surface area (Å²) < 4.78 is 5.25. The highest BCUT2D eigenvalue weighted by Crippen LogP contribution is 2.29. The van der Waals surface area contributed by atoms with Crippen LogP contribution in [-0.4, -0.2) is 22.6 Å². The number of allylic oxidation sites excluding steroid dienone is 2. The summed E-state index contributed by atoms with van der Waals surface area (Å²) in [4.78, 5) is 18.7. The molecule has 2 heterocycles. The van der Waals surface area contributed by atoms with Crippen LogP contribution in [0.25, 0.3) is 0 Å². The number of fused-ring (bicyclic) bond motifs is 1. The maximum Gasteiger partial charge on any atom is 0.418 e. The minimum atomic E-state index is -0.485. The highest BCUT2D eigenvalue weighted by atomic mass is 35.5. The Labute approximate surface area is 136 Å². The maximum absolute atomic E-state index is 12.1. The number of hydrogen-bond acceptors (Lipinski definition) is 4. The third-order valence-corrected chi connectivity index (χ3v) is 4.56. The SMILES string of the molecule is O=C(OCc1c(Cl)cccc1Cl)N1C=CC2=NCSC2=C1. The summed E-state index contributed by atoms with van der Waals surface area (Å²) in [5.74, 6) is 0.684. The Kier molecular flexibility index (Phi) is 4.24. The molecule has 0 spiro atoms. The first-order valence-electron chi connectivity index (χ1n) is 6.11. The van der Waals surface area contributed by atoms with Crippen LogP contribution in [0.2, 0.25) is 10.0 Å². The van der Waals surface area contributed by atoms with Crippen molar-refractivity contribution >= 4 is 46.8 Å². The van der Waals surface area contributed by atoms with Crippen LogP contribution < -0.4 is 0 Å². The third-order valence-electron chi connectivity index (χ3n) is 2.97. The zero-order valence-corrected chi connectivity index (χ0v) is 13.1. The molecule has 0 bridgehead atoms. The first-order chi connectivity index (χ1) is 10.1. The second-order valence-corrected chi connectivity index (χ2v) is 6.09. The van der Waals surface area contributed by atoms with E-state index in [4.69, 9.17) is 27.9 Å². The maximum atomic E-state index is 12.1. The van der Waals surface area contributed by atoms with E-state index < -0.39 is 6.09 Å². The monoisotopic (exact) mass is 340 g/mol. The number of carbonyl (C=O) groups is 1. The second-order valence-electron chi connectivity index (χ2n) is 4.29. The number of aliphatic imine (C=N–C) groups is 1. The predicted molar refractivity (Wildman–Crippen MR) is 85.6 cm³/mol. The molecule has 0 unspecified atom stereocenters. The van der Waals surface area contributed by atoms with Crippen molar-refractivity contribution in [2.24, 2.45) is 4.99 Å². The number of amides is 1.